The summed E-state index contributed by atoms with van der Waals surface area (Å²) in [4.78, 5) is 0. The minimum Gasteiger partial charge on any atom is -0.114 e. The van der Waals surface area contributed by atoms with Crippen LogP contribution < -0.4 is 0 Å². The topological polar surface area (TPSA) is 0 Å². The molecule has 0 saturated heterocycles. The highest BCUT2D eigenvalue weighted by Gasteiger charge is 2.08. The molecule has 0 unspecified atom stereocenters. The third-order valence-corrected chi connectivity index (χ3v) is 3.83. The van der Waals surface area contributed by atoms with Crippen molar-refractivity contribution in [2.45, 2.75) is 0 Å². The molecule has 4 aromatic carbocycles. The van der Waals surface area contributed by atoms with Crippen molar-refractivity contribution < 1.29 is 0 Å². The van der Waals surface area contributed by atoms with Crippen LogP contribution in [0.4, 0.5) is 0 Å². The summed E-state index contributed by atoms with van der Waals surface area (Å²) in [6.07, 6.45) is 0. The molecule has 102 valence electrons. The number of fused-ring (bicyclic) bond motifs is 2. The fourth-order valence-electron chi connectivity index (χ4n) is 2.93. The first-order chi connectivity index (χ1) is 9.93. The maximum absolute atomic E-state index is 2.27. The Balaban J connectivity index is 0.00000132. The van der Waals surface area contributed by atoms with Crippen LogP contribution in [0.3, 0.4) is 0 Å². The first kappa shape index (κ1) is 13.8. The van der Waals surface area contributed by atoms with E-state index in [9.17, 15) is 0 Å². The van der Waals surface area contributed by atoms with Gasteiger partial charge in [0.15, 0.2) is 0 Å². The van der Waals surface area contributed by atoms with Crippen molar-refractivity contribution in [3.8, 4) is 11.1 Å². The Morgan fingerprint density at radius 2 is 0.952 bits per heavy atom. The molecule has 0 aliphatic rings. The van der Waals surface area contributed by atoms with Gasteiger partial charge < -0.3 is 0 Å². The summed E-state index contributed by atoms with van der Waals surface area (Å²) in [5.74, 6) is 0. The second kappa shape index (κ2) is 5.71. The predicted molar refractivity (Wildman–Crippen MR) is 97.2 cm³/mol. The summed E-state index contributed by atoms with van der Waals surface area (Å²) in [6, 6.07) is 30.2. The van der Waals surface area contributed by atoms with E-state index in [0.29, 0.717) is 0 Å². The van der Waals surface area contributed by atoms with Crippen molar-refractivity contribution in [1.29, 1.82) is 0 Å². The molecular weight excluding hydrogens is 320 g/mol. The molecule has 21 heavy (non-hydrogen) atoms. The Morgan fingerprint density at radius 3 is 1.52 bits per heavy atom. The summed E-state index contributed by atoms with van der Waals surface area (Å²) < 4.78 is 0. The average Bonchev–Trinajstić information content (AvgIpc) is 2.53. The maximum atomic E-state index is 2.27. The highest BCUT2D eigenvalue weighted by Crippen LogP contribution is 2.35. The van der Waals surface area contributed by atoms with E-state index in [4.69, 9.17) is 0 Å². The zero-order chi connectivity index (χ0) is 13.4. The van der Waals surface area contributed by atoms with Crippen molar-refractivity contribution in [3.63, 3.8) is 0 Å². The van der Waals surface area contributed by atoms with Gasteiger partial charge in [-0.25, -0.2) is 0 Å². The summed E-state index contributed by atoms with van der Waals surface area (Å²) in [7, 11) is 0. The molecule has 0 heterocycles. The van der Waals surface area contributed by atoms with Gasteiger partial charge in [-0.2, -0.15) is 0 Å². The molecule has 0 aliphatic carbocycles. The molecule has 0 saturated carbocycles. The molecule has 0 nitrogen and oxygen atoms in total. The molecule has 1 heteroatoms. The summed E-state index contributed by atoms with van der Waals surface area (Å²) >= 11 is 0. The molecule has 0 radical (unpaired) electrons. The van der Waals surface area contributed by atoms with Crippen molar-refractivity contribution in [1.82, 2.24) is 0 Å². The standard InChI is InChI=1S/C20H14.BrH/c1-2-8-15(9-3-1)20-18-12-6-4-10-16(18)14-17-11-5-7-13-19(17)20;/h1-14H;1H. The van der Waals surface area contributed by atoms with E-state index in [1.54, 1.807) is 0 Å². The number of hydrogen-bond acceptors (Lipinski definition) is 0. The third kappa shape index (κ3) is 2.34. The van der Waals surface area contributed by atoms with Crippen molar-refractivity contribution in [3.05, 3.63) is 84.9 Å². The summed E-state index contributed by atoms with van der Waals surface area (Å²) in [5, 5.41) is 5.23. The van der Waals surface area contributed by atoms with Gasteiger partial charge in [0.1, 0.15) is 0 Å². The van der Waals surface area contributed by atoms with Crippen LogP contribution in [0.15, 0.2) is 84.9 Å². The number of rotatable bonds is 1. The Hall–Kier alpha value is -2.12. The van der Waals surface area contributed by atoms with Gasteiger partial charge in [0.25, 0.3) is 0 Å². The van der Waals surface area contributed by atoms with Crippen molar-refractivity contribution >= 4 is 38.5 Å². The molecule has 0 aliphatic heterocycles. The summed E-state index contributed by atoms with van der Waals surface area (Å²) in [5.41, 5.74) is 2.61. The number of halogens is 1. The molecular formula is C20H15Br. The number of hydrogen-bond donors (Lipinski definition) is 0. The highest BCUT2D eigenvalue weighted by molar-refractivity contribution is 8.93. The van der Waals surface area contributed by atoms with E-state index in [1.165, 1.54) is 32.7 Å². The lowest BCUT2D eigenvalue weighted by Gasteiger charge is -2.11. The van der Waals surface area contributed by atoms with Crippen LogP contribution in [-0.4, -0.2) is 0 Å². The van der Waals surface area contributed by atoms with E-state index in [0.717, 1.165) is 0 Å². The second-order valence-corrected chi connectivity index (χ2v) is 5.06. The van der Waals surface area contributed by atoms with Gasteiger partial charge in [0.05, 0.1) is 0 Å². The van der Waals surface area contributed by atoms with Crippen LogP contribution in [-0.2, 0) is 0 Å². The highest BCUT2D eigenvalue weighted by atomic mass is 79.9. The van der Waals surface area contributed by atoms with E-state index in [-0.39, 0.29) is 17.0 Å². The first-order valence-electron chi connectivity index (χ1n) is 6.89. The van der Waals surface area contributed by atoms with Gasteiger partial charge in [0, 0.05) is 0 Å². The molecule has 4 aromatic rings. The molecule has 0 bridgehead atoms. The molecule has 0 spiro atoms. The van der Waals surface area contributed by atoms with Crippen LogP contribution in [0.5, 0.6) is 0 Å². The Bertz CT molecular complexity index is 841. The van der Waals surface area contributed by atoms with Crippen molar-refractivity contribution in [2.24, 2.45) is 0 Å². The van der Waals surface area contributed by atoms with Gasteiger partial charge in [-0.15, -0.1) is 17.0 Å². The van der Waals surface area contributed by atoms with Crippen LogP contribution in [0.25, 0.3) is 32.7 Å². The quantitative estimate of drug-likeness (QED) is 0.361. The smallest absolute Gasteiger partial charge is 0.00268 e. The number of benzene rings is 4. The van der Waals surface area contributed by atoms with Crippen LogP contribution in [0, 0.1) is 0 Å². The minimum atomic E-state index is 0. The van der Waals surface area contributed by atoms with Gasteiger partial charge in [-0.3, -0.25) is 0 Å². The second-order valence-electron chi connectivity index (χ2n) is 5.06. The van der Waals surface area contributed by atoms with E-state index >= 15 is 0 Å². The molecule has 0 N–H and O–H groups in total. The molecule has 0 fully saturated rings. The van der Waals surface area contributed by atoms with Crippen LogP contribution in [0.1, 0.15) is 0 Å². The Labute approximate surface area is 134 Å². The maximum Gasteiger partial charge on any atom is -0.00268 e. The molecule has 0 amide bonds. The Kier molecular flexibility index (Phi) is 3.76. The van der Waals surface area contributed by atoms with Crippen LogP contribution in [0.2, 0.25) is 0 Å². The zero-order valence-corrected chi connectivity index (χ0v) is 13.2. The van der Waals surface area contributed by atoms with Crippen molar-refractivity contribution in [2.75, 3.05) is 0 Å². The monoisotopic (exact) mass is 334 g/mol. The van der Waals surface area contributed by atoms with E-state index < -0.39 is 0 Å². The van der Waals surface area contributed by atoms with E-state index in [2.05, 4.69) is 84.9 Å². The first-order valence-corrected chi connectivity index (χ1v) is 6.89. The van der Waals surface area contributed by atoms with Gasteiger partial charge in [-0.05, 0) is 38.7 Å². The lowest BCUT2D eigenvalue weighted by molar-refractivity contribution is 1.67. The Morgan fingerprint density at radius 1 is 0.476 bits per heavy atom. The zero-order valence-electron chi connectivity index (χ0n) is 11.5. The lowest BCUT2D eigenvalue weighted by Crippen LogP contribution is -1.84. The lowest BCUT2D eigenvalue weighted by atomic mass is 9.92. The average molecular weight is 335 g/mol. The summed E-state index contributed by atoms with van der Waals surface area (Å²) in [6.45, 7) is 0. The van der Waals surface area contributed by atoms with E-state index in [1.807, 2.05) is 0 Å². The largest absolute Gasteiger partial charge is 0.114 e. The van der Waals surface area contributed by atoms with Crippen LogP contribution >= 0.6 is 17.0 Å². The minimum absolute atomic E-state index is 0. The fraction of sp³-hybridized carbons (Fsp3) is 0. The fourth-order valence-corrected chi connectivity index (χ4v) is 2.93. The van der Waals surface area contributed by atoms with Gasteiger partial charge in [0.2, 0.25) is 0 Å². The third-order valence-electron chi connectivity index (χ3n) is 3.83. The predicted octanol–water partition coefficient (Wildman–Crippen LogP) is 6.24. The van der Waals surface area contributed by atoms with Gasteiger partial charge >= 0.3 is 0 Å². The SMILES string of the molecule is Br.c1ccc(-c2c3ccccc3cc3ccccc23)cc1. The normalized spacial score (nSPS) is 10.5. The molecule has 0 aromatic heterocycles. The molecule has 0 atom stereocenters. The molecule has 4 rings (SSSR count). The van der Waals surface area contributed by atoms with Gasteiger partial charge in [-0.1, -0.05) is 78.9 Å².